The number of carbonyl (C=O) groups is 1. The molecule has 3 nitrogen and oxygen atoms in total. The Hall–Kier alpha value is -2.29. The van der Waals surface area contributed by atoms with Gasteiger partial charge in [0.2, 0.25) is 0 Å². The van der Waals surface area contributed by atoms with Gasteiger partial charge in [-0.3, -0.25) is 0 Å². The molecule has 2 aromatic rings. The predicted octanol–water partition coefficient (Wildman–Crippen LogP) is 4.52. The molecule has 0 aliphatic rings. The summed E-state index contributed by atoms with van der Waals surface area (Å²) in [7, 11) is 0. The van der Waals surface area contributed by atoms with Crippen LogP contribution >= 0.6 is 0 Å². The Morgan fingerprint density at radius 3 is 2.00 bits per heavy atom. The molecule has 0 saturated heterocycles. The third-order valence-corrected chi connectivity index (χ3v) is 3.26. The van der Waals surface area contributed by atoms with E-state index in [1.165, 1.54) is 0 Å². The molecule has 0 aromatic heterocycles. The van der Waals surface area contributed by atoms with Gasteiger partial charge in [0.25, 0.3) is 0 Å². The Balaban J connectivity index is 2.15. The molecule has 0 fully saturated rings. The van der Waals surface area contributed by atoms with E-state index in [9.17, 15) is 4.79 Å². The van der Waals surface area contributed by atoms with E-state index >= 15 is 0 Å². The Morgan fingerprint density at radius 2 is 1.48 bits per heavy atom. The fourth-order valence-electron chi connectivity index (χ4n) is 2.09. The minimum atomic E-state index is -0.255. The zero-order chi connectivity index (χ0) is 15.3. The molecule has 21 heavy (non-hydrogen) atoms. The van der Waals surface area contributed by atoms with Crippen LogP contribution in [0.1, 0.15) is 26.3 Å². The summed E-state index contributed by atoms with van der Waals surface area (Å²) in [5, 5.41) is 2.96. The fourth-order valence-corrected chi connectivity index (χ4v) is 2.09. The van der Waals surface area contributed by atoms with E-state index < -0.39 is 0 Å². The van der Waals surface area contributed by atoms with Gasteiger partial charge in [0.05, 0.1) is 0 Å². The lowest BCUT2D eigenvalue weighted by Crippen LogP contribution is -2.47. The second-order valence-electron chi connectivity index (χ2n) is 6.04. The molecule has 0 heterocycles. The Bertz CT molecular complexity index is 573. The van der Waals surface area contributed by atoms with Crippen LogP contribution in [0.4, 0.5) is 10.5 Å². The molecule has 0 radical (unpaired) electrons. The Kier molecular flexibility index (Phi) is 4.63. The highest BCUT2D eigenvalue weighted by Crippen LogP contribution is 2.19. The number of rotatable bonds is 3. The quantitative estimate of drug-likeness (QED) is 0.882. The minimum Gasteiger partial charge on any atom is -0.315 e. The summed E-state index contributed by atoms with van der Waals surface area (Å²) in [5.74, 6) is 0. The van der Waals surface area contributed by atoms with E-state index in [1.807, 2.05) is 86.3 Å². The van der Waals surface area contributed by atoms with Gasteiger partial charge < -0.3 is 10.2 Å². The van der Waals surface area contributed by atoms with Crippen LogP contribution in [-0.2, 0) is 6.54 Å². The largest absolute Gasteiger partial charge is 0.322 e. The summed E-state index contributed by atoms with van der Waals surface area (Å²) in [6.07, 6.45) is 0. The molecule has 0 unspecified atom stereocenters. The maximum atomic E-state index is 12.6. The maximum Gasteiger partial charge on any atom is 0.322 e. The van der Waals surface area contributed by atoms with Gasteiger partial charge >= 0.3 is 6.03 Å². The SMILES string of the molecule is CC(C)(C)N(Cc1ccccc1)C(=O)Nc1ccccc1. The highest BCUT2D eigenvalue weighted by Gasteiger charge is 2.26. The van der Waals surface area contributed by atoms with Crippen molar-refractivity contribution in [1.82, 2.24) is 4.90 Å². The first-order valence-corrected chi connectivity index (χ1v) is 7.14. The Labute approximate surface area is 126 Å². The fraction of sp³-hybridized carbons (Fsp3) is 0.278. The van der Waals surface area contributed by atoms with Gasteiger partial charge in [0.15, 0.2) is 0 Å². The predicted molar refractivity (Wildman–Crippen MR) is 87.2 cm³/mol. The van der Waals surface area contributed by atoms with E-state index in [0.29, 0.717) is 6.54 Å². The lowest BCUT2D eigenvalue weighted by molar-refractivity contribution is 0.152. The number of para-hydroxylation sites is 1. The van der Waals surface area contributed by atoms with Crippen molar-refractivity contribution >= 4 is 11.7 Å². The molecular weight excluding hydrogens is 260 g/mol. The third kappa shape index (κ3) is 4.35. The van der Waals surface area contributed by atoms with E-state index in [4.69, 9.17) is 0 Å². The molecule has 2 amide bonds. The number of hydrogen-bond acceptors (Lipinski definition) is 1. The summed E-state index contributed by atoms with van der Waals surface area (Å²) in [6, 6.07) is 19.5. The van der Waals surface area contributed by atoms with Gasteiger partial charge in [-0.05, 0) is 38.5 Å². The maximum absolute atomic E-state index is 12.6. The average Bonchev–Trinajstić information content (AvgIpc) is 2.45. The van der Waals surface area contributed by atoms with Crippen LogP contribution in [0.2, 0.25) is 0 Å². The van der Waals surface area contributed by atoms with Crippen molar-refractivity contribution < 1.29 is 4.79 Å². The highest BCUT2D eigenvalue weighted by atomic mass is 16.2. The lowest BCUT2D eigenvalue weighted by atomic mass is 10.1. The monoisotopic (exact) mass is 282 g/mol. The average molecular weight is 282 g/mol. The summed E-state index contributed by atoms with van der Waals surface area (Å²) < 4.78 is 0. The summed E-state index contributed by atoms with van der Waals surface area (Å²) >= 11 is 0. The Morgan fingerprint density at radius 1 is 0.952 bits per heavy atom. The standard InChI is InChI=1S/C18H22N2O/c1-18(2,3)20(14-15-10-6-4-7-11-15)17(21)19-16-12-8-5-9-13-16/h4-13H,14H2,1-3H3,(H,19,21). The summed E-state index contributed by atoms with van der Waals surface area (Å²) in [4.78, 5) is 14.4. The van der Waals surface area contributed by atoms with E-state index in [1.54, 1.807) is 0 Å². The zero-order valence-corrected chi connectivity index (χ0v) is 12.8. The van der Waals surface area contributed by atoms with E-state index in [-0.39, 0.29) is 11.6 Å². The van der Waals surface area contributed by atoms with Crippen molar-refractivity contribution in [2.45, 2.75) is 32.9 Å². The van der Waals surface area contributed by atoms with Gasteiger partial charge in [-0.15, -0.1) is 0 Å². The second kappa shape index (κ2) is 6.44. The van der Waals surface area contributed by atoms with Crippen LogP contribution in [0.3, 0.4) is 0 Å². The number of benzene rings is 2. The minimum absolute atomic E-state index is 0.0856. The first kappa shape index (κ1) is 15.1. The molecular formula is C18H22N2O. The number of amides is 2. The van der Waals surface area contributed by atoms with E-state index in [0.717, 1.165) is 11.3 Å². The van der Waals surface area contributed by atoms with Crippen LogP contribution in [-0.4, -0.2) is 16.5 Å². The van der Waals surface area contributed by atoms with Crippen LogP contribution in [0.15, 0.2) is 60.7 Å². The van der Waals surface area contributed by atoms with Crippen LogP contribution < -0.4 is 5.32 Å². The van der Waals surface area contributed by atoms with Crippen molar-refractivity contribution in [3.05, 3.63) is 66.2 Å². The second-order valence-corrected chi connectivity index (χ2v) is 6.04. The van der Waals surface area contributed by atoms with Crippen molar-refractivity contribution in [1.29, 1.82) is 0 Å². The van der Waals surface area contributed by atoms with Crippen molar-refractivity contribution in [3.8, 4) is 0 Å². The topological polar surface area (TPSA) is 32.3 Å². The van der Waals surface area contributed by atoms with Crippen LogP contribution in [0.25, 0.3) is 0 Å². The molecule has 0 atom stereocenters. The third-order valence-electron chi connectivity index (χ3n) is 3.26. The number of nitrogens with one attached hydrogen (secondary N) is 1. The van der Waals surface area contributed by atoms with Gasteiger partial charge in [-0.1, -0.05) is 48.5 Å². The molecule has 0 aliphatic heterocycles. The lowest BCUT2D eigenvalue weighted by Gasteiger charge is -2.35. The molecule has 0 aliphatic carbocycles. The highest BCUT2D eigenvalue weighted by molar-refractivity contribution is 5.89. The molecule has 1 N–H and O–H groups in total. The van der Waals surface area contributed by atoms with Crippen molar-refractivity contribution in [2.75, 3.05) is 5.32 Å². The molecule has 0 saturated carbocycles. The van der Waals surface area contributed by atoms with Gasteiger partial charge in [0.1, 0.15) is 0 Å². The van der Waals surface area contributed by atoms with Gasteiger partial charge in [-0.2, -0.15) is 0 Å². The number of urea groups is 1. The van der Waals surface area contributed by atoms with Crippen molar-refractivity contribution in [3.63, 3.8) is 0 Å². The van der Waals surface area contributed by atoms with Crippen LogP contribution in [0, 0.1) is 0 Å². The van der Waals surface area contributed by atoms with Gasteiger partial charge in [-0.25, -0.2) is 4.79 Å². The normalized spacial score (nSPS) is 11.0. The van der Waals surface area contributed by atoms with Crippen molar-refractivity contribution in [2.24, 2.45) is 0 Å². The number of anilines is 1. The number of nitrogens with zero attached hydrogens (tertiary/aromatic N) is 1. The first-order chi connectivity index (χ1) is 9.97. The smallest absolute Gasteiger partial charge is 0.315 e. The molecule has 0 spiro atoms. The van der Waals surface area contributed by atoms with Crippen LogP contribution in [0.5, 0.6) is 0 Å². The first-order valence-electron chi connectivity index (χ1n) is 7.14. The molecule has 3 heteroatoms. The summed E-state index contributed by atoms with van der Waals surface area (Å²) in [6.45, 7) is 6.71. The molecule has 0 bridgehead atoms. The molecule has 2 aromatic carbocycles. The number of carbonyl (C=O) groups excluding carboxylic acids is 1. The molecule has 110 valence electrons. The van der Waals surface area contributed by atoms with E-state index in [2.05, 4.69) is 5.32 Å². The summed E-state index contributed by atoms with van der Waals surface area (Å²) in [5.41, 5.74) is 1.68. The number of hydrogen-bond donors (Lipinski definition) is 1. The zero-order valence-electron chi connectivity index (χ0n) is 12.8. The van der Waals surface area contributed by atoms with Gasteiger partial charge in [0, 0.05) is 17.8 Å². The molecule has 2 rings (SSSR count).